The molecule has 2 fully saturated rings. The van der Waals surface area contributed by atoms with Gasteiger partial charge in [0.2, 0.25) is 0 Å². The van der Waals surface area contributed by atoms with E-state index in [2.05, 4.69) is 49.3 Å². The van der Waals surface area contributed by atoms with E-state index < -0.39 is 0 Å². The summed E-state index contributed by atoms with van der Waals surface area (Å²) in [6.07, 6.45) is 27.0. The normalized spacial score (nSPS) is 34.4. The minimum atomic E-state index is 0.416. The Kier molecular flexibility index (Phi) is 8.54. The van der Waals surface area contributed by atoms with Crippen LogP contribution in [-0.4, -0.2) is 6.04 Å². The molecule has 6 atom stereocenters. The summed E-state index contributed by atoms with van der Waals surface area (Å²) in [7, 11) is 0. The van der Waals surface area contributed by atoms with Crippen molar-refractivity contribution in [2.45, 2.75) is 103 Å². The predicted octanol–water partition coefficient (Wildman–Crippen LogP) is 8.21. The maximum atomic E-state index is 6.30. The van der Waals surface area contributed by atoms with Gasteiger partial charge in [-0.25, -0.2) is 0 Å². The number of hydrogen-bond donors (Lipinski definition) is 1. The second kappa shape index (κ2) is 11.6. The molecule has 1 heteroatoms. The minimum absolute atomic E-state index is 0.416. The van der Waals surface area contributed by atoms with Crippen LogP contribution < -0.4 is 5.73 Å². The lowest BCUT2D eigenvalue weighted by molar-refractivity contribution is 0.353. The first-order valence-corrected chi connectivity index (χ1v) is 13.6. The number of allylic oxidation sites excluding steroid dienone is 6. The molecule has 1 nitrogen and oxygen atoms in total. The Morgan fingerprint density at radius 2 is 2.09 bits per heavy atom. The van der Waals surface area contributed by atoms with E-state index in [0.29, 0.717) is 12.0 Å². The summed E-state index contributed by atoms with van der Waals surface area (Å²) in [6, 6.07) is 0.416. The molecule has 32 heavy (non-hydrogen) atoms. The smallest absolute Gasteiger partial charge is 0.00857 e. The molecule has 0 heterocycles. The van der Waals surface area contributed by atoms with Crippen LogP contribution >= 0.6 is 0 Å². The number of fused-ring (bicyclic) bond motifs is 1. The molecule has 0 aromatic carbocycles. The van der Waals surface area contributed by atoms with Gasteiger partial charge < -0.3 is 5.73 Å². The highest BCUT2D eigenvalue weighted by molar-refractivity contribution is 5.34. The van der Waals surface area contributed by atoms with Gasteiger partial charge in [-0.15, -0.1) is 11.5 Å². The summed E-state index contributed by atoms with van der Waals surface area (Å²) < 4.78 is 0. The van der Waals surface area contributed by atoms with Crippen LogP contribution in [0.1, 0.15) is 96.8 Å². The van der Waals surface area contributed by atoms with E-state index in [0.717, 1.165) is 42.9 Å². The van der Waals surface area contributed by atoms with Crippen molar-refractivity contribution in [3.05, 3.63) is 59.1 Å². The summed E-state index contributed by atoms with van der Waals surface area (Å²) in [5, 5.41) is 0. The molecule has 6 unspecified atom stereocenters. The third-order valence-corrected chi connectivity index (χ3v) is 8.59. The lowest BCUT2D eigenvalue weighted by Crippen LogP contribution is -2.18. The van der Waals surface area contributed by atoms with Gasteiger partial charge in [0.25, 0.3) is 0 Å². The van der Waals surface area contributed by atoms with E-state index in [4.69, 9.17) is 5.73 Å². The van der Waals surface area contributed by atoms with Crippen molar-refractivity contribution in [1.29, 1.82) is 0 Å². The molecule has 4 aliphatic carbocycles. The van der Waals surface area contributed by atoms with Crippen molar-refractivity contribution >= 4 is 0 Å². The molecule has 2 saturated carbocycles. The Labute approximate surface area is 197 Å². The SMILES string of the molecule is C=C=C(C1=C=CCC/C=C\C1)C(CCC1=CCC(C)CC2CC12)CC1CCCC(N)CC1. The van der Waals surface area contributed by atoms with Crippen LogP contribution in [0.2, 0.25) is 0 Å². The minimum Gasteiger partial charge on any atom is -0.328 e. The monoisotopic (exact) mass is 431 g/mol. The summed E-state index contributed by atoms with van der Waals surface area (Å²) in [6.45, 7) is 6.62. The van der Waals surface area contributed by atoms with Gasteiger partial charge in [-0.1, -0.05) is 50.1 Å². The zero-order valence-corrected chi connectivity index (χ0v) is 20.5. The Bertz CT molecular complexity index is 813. The van der Waals surface area contributed by atoms with Crippen molar-refractivity contribution in [3.63, 3.8) is 0 Å². The van der Waals surface area contributed by atoms with Gasteiger partial charge in [-0.05, 0) is 113 Å². The molecular weight excluding hydrogens is 386 g/mol. The van der Waals surface area contributed by atoms with Crippen LogP contribution in [0.15, 0.2) is 59.1 Å². The fraction of sp³-hybridized carbons (Fsp3) is 0.677. The maximum absolute atomic E-state index is 6.30. The average Bonchev–Trinajstić information content (AvgIpc) is 3.54. The first-order chi connectivity index (χ1) is 15.6. The van der Waals surface area contributed by atoms with Crippen molar-refractivity contribution in [2.75, 3.05) is 0 Å². The van der Waals surface area contributed by atoms with Gasteiger partial charge in [0.05, 0.1) is 0 Å². The third kappa shape index (κ3) is 6.51. The quantitative estimate of drug-likeness (QED) is 0.245. The molecule has 2 N–H and O–H groups in total. The molecule has 0 aliphatic heterocycles. The zero-order chi connectivity index (χ0) is 22.3. The Morgan fingerprint density at radius 3 is 2.97 bits per heavy atom. The third-order valence-electron chi connectivity index (χ3n) is 8.59. The van der Waals surface area contributed by atoms with Crippen LogP contribution in [0.3, 0.4) is 0 Å². The highest BCUT2D eigenvalue weighted by Crippen LogP contribution is 2.52. The molecule has 4 rings (SSSR count). The van der Waals surface area contributed by atoms with Crippen molar-refractivity contribution in [3.8, 4) is 0 Å². The van der Waals surface area contributed by atoms with Crippen molar-refractivity contribution < 1.29 is 0 Å². The topological polar surface area (TPSA) is 26.0 Å². The summed E-state index contributed by atoms with van der Waals surface area (Å²) >= 11 is 0. The number of rotatable bonds is 7. The number of hydrogen-bond acceptors (Lipinski definition) is 1. The molecule has 0 radical (unpaired) electrons. The molecule has 0 spiro atoms. The second-order valence-corrected chi connectivity index (χ2v) is 11.2. The predicted molar refractivity (Wildman–Crippen MR) is 137 cm³/mol. The van der Waals surface area contributed by atoms with Crippen molar-refractivity contribution in [2.24, 2.45) is 35.3 Å². The Balaban J connectivity index is 1.51. The van der Waals surface area contributed by atoms with E-state index >= 15 is 0 Å². The van der Waals surface area contributed by atoms with Crippen LogP contribution in [0.25, 0.3) is 0 Å². The molecule has 0 aromatic heterocycles. The fourth-order valence-corrected chi connectivity index (χ4v) is 6.57. The molecule has 0 bridgehead atoms. The lowest BCUT2D eigenvalue weighted by Gasteiger charge is -2.26. The molecular formula is C31H45N. The van der Waals surface area contributed by atoms with Crippen LogP contribution in [-0.2, 0) is 0 Å². The summed E-state index contributed by atoms with van der Waals surface area (Å²) in [5.41, 5.74) is 17.8. The highest BCUT2D eigenvalue weighted by atomic mass is 14.6. The largest absolute Gasteiger partial charge is 0.328 e. The molecule has 0 saturated heterocycles. The van der Waals surface area contributed by atoms with Crippen LogP contribution in [0, 0.1) is 29.6 Å². The molecule has 4 aliphatic rings. The fourth-order valence-electron chi connectivity index (χ4n) is 6.57. The first-order valence-electron chi connectivity index (χ1n) is 13.6. The van der Waals surface area contributed by atoms with Gasteiger partial charge in [-0.3, -0.25) is 0 Å². The van der Waals surface area contributed by atoms with Gasteiger partial charge in [0, 0.05) is 17.2 Å². The first kappa shape index (κ1) is 23.6. The zero-order valence-electron chi connectivity index (χ0n) is 20.5. The second-order valence-electron chi connectivity index (χ2n) is 11.2. The Morgan fingerprint density at radius 1 is 1.19 bits per heavy atom. The van der Waals surface area contributed by atoms with Crippen LogP contribution in [0.4, 0.5) is 0 Å². The van der Waals surface area contributed by atoms with E-state index in [-0.39, 0.29) is 0 Å². The van der Waals surface area contributed by atoms with Gasteiger partial charge >= 0.3 is 0 Å². The molecule has 174 valence electrons. The van der Waals surface area contributed by atoms with E-state index in [1.807, 2.05) is 0 Å². The van der Waals surface area contributed by atoms with Crippen LogP contribution in [0.5, 0.6) is 0 Å². The maximum Gasteiger partial charge on any atom is 0.00857 e. The Hall–Kier alpha value is -1.52. The standard InChI is InChI=1S/C31H45N/c1-3-30(25-11-7-5-4-6-8-12-25)27(21-24-10-9-13-29(32)19-15-24)18-17-26-16-14-23(2)20-28-22-31(26)28/h5,7-8,16,23-24,27-29,31H,1,4,6,9-11,13-15,17-22,32H2,2H3/b7-5-. The average molecular weight is 432 g/mol. The van der Waals surface area contributed by atoms with Gasteiger partial charge in [0.1, 0.15) is 0 Å². The molecule has 0 aromatic rings. The number of nitrogens with two attached hydrogens (primary N) is 1. The highest BCUT2D eigenvalue weighted by Gasteiger charge is 2.41. The van der Waals surface area contributed by atoms with E-state index in [9.17, 15) is 0 Å². The van der Waals surface area contributed by atoms with Crippen molar-refractivity contribution in [1.82, 2.24) is 0 Å². The van der Waals surface area contributed by atoms with E-state index in [1.54, 1.807) is 5.57 Å². The summed E-state index contributed by atoms with van der Waals surface area (Å²) in [5.74, 6) is 4.10. The van der Waals surface area contributed by atoms with E-state index in [1.165, 1.54) is 81.8 Å². The summed E-state index contributed by atoms with van der Waals surface area (Å²) in [4.78, 5) is 0. The van der Waals surface area contributed by atoms with Gasteiger partial charge in [-0.2, -0.15) is 0 Å². The molecule has 0 amide bonds. The van der Waals surface area contributed by atoms with Gasteiger partial charge in [0.15, 0.2) is 0 Å². The lowest BCUT2D eigenvalue weighted by atomic mass is 9.78.